The summed E-state index contributed by atoms with van der Waals surface area (Å²) in [6, 6.07) is 10.2. The van der Waals surface area contributed by atoms with Crippen LogP contribution in [0.5, 0.6) is 11.5 Å². The highest BCUT2D eigenvalue weighted by Gasteiger charge is 2.31. The van der Waals surface area contributed by atoms with Crippen LogP contribution in [0.25, 0.3) is 0 Å². The summed E-state index contributed by atoms with van der Waals surface area (Å²) in [7, 11) is -4.06. The number of hydrogen-bond donors (Lipinski definition) is 2. The Bertz CT molecular complexity index is 1100. The number of hydrogen-bond acceptors (Lipinski definition) is 7. The second-order valence-corrected chi connectivity index (χ2v) is 9.39. The molecule has 0 saturated heterocycles. The predicted molar refractivity (Wildman–Crippen MR) is 117 cm³/mol. The highest BCUT2D eigenvalue weighted by Crippen LogP contribution is 2.32. The third-order valence-corrected chi connectivity index (χ3v) is 6.11. The Kier molecular flexibility index (Phi) is 7.37. The van der Waals surface area contributed by atoms with Crippen LogP contribution in [0.1, 0.15) is 19.4 Å². The van der Waals surface area contributed by atoms with E-state index in [1.807, 2.05) is 13.0 Å². The van der Waals surface area contributed by atoms with Crippen molar-refractivity contribution in [1.29, 1.82) is 0 Å². The van der Waals surface area contributed by atoms with Crippen LogP contribution in [0.4, 0.5) is 5.69 Å². The summed E-state index contributed by atoms with van der Waals surface area (Å²) < 4.78 is 44.0. The molecule has 0 unspecified atom stereocenters. The second-order valence-electron chi connectivity index (χ2n) is 7.67. The predicted octanol–water partition coefficient (Wildman–Crippen LogP) is 2.25. The van der Waals surface area contributed by atoms with Crippen molar-refractivity contribution in [2.45, 2.75) is 31.7 Å². The van der Waals surface area contributed by atoms with Crippen LogP contribution in [0, 0.1) is 12.8 Å². The first kappa shape index (κ1) is 23.6. The van der Waals surface area contributed by atoms with E-state index in [0.29, 0.717) is 30.4 Å². The zero-order valence-corrected chi connectivity index (χ0v) is 18.9. The van der Waals surface area contributed by atoms with Crippen molar-refractivity contribution >= 4 is 27.6 Å². The van der Waals surface area contributed by atoms with Crippen LogP contribution in [-0.2, 0) is 24.3 Å². The number of esters is 1. The molecule has 1 amide bonds. The number of carbonyl (C=O) groups is 2. The Morgan fingerprint density at radius 2 is 1.78 bits per heavy atom. The average molecular weight is 463 g/mol. The lowest BCUT2D eigenvalue weighted by atomic mass is 10.1. The molecule has 2 aromatic carbocycles. The van der Waals surface area contributed by atoms with Gasteiger partial charge in [0.2, 0.25) is 10.0 Å². The van der Waals surface area contributed by atoms with Crippen molar-refractivity contribution in [2.75, 3.05) is 25.1 Å². The summed E-state index contributed by atoms with van der Waals surface area (Å²) in [6.07, 6.45) is 0. The van der Waals surface area contributed by atoms with Gasteiger partial charge in [0.25, 0.3) is 5.91 Å². The highest BCUT2D eigenvalue weighted by atomic mass is 32.2. The van der Waals surface area contributed by atoms with E-state index in [0.717, 1.165) is 5.56 Å². The number of rotatable bonds is 8. The van der Waals surface area contributed by atoms with Gasteiger partial charge in [-0.05, 0) is 42.7 Å². The summed E-state index contributed by atoms with van der Waals surface area (Å²) >= 11 is 0. The van der Waals surface area contributed by atoms with E-state index in [-0.39, 0.29) is 4.90 Å². The van der Waals surface area contributed by atoms with Gasteiger partial charge in [-0.25, -0.2) is 8.42 Å². The van der Waals surface area contributed by atoms with Crippen LogP contribution < -0.4 is 19.5 Å². The van der Waals surface area contributed by atoms with E-state index >= 15 is 0 Å². The molecular formula is C22H26N2O7S. The van der Waals surface area contributed by atoms with Gasteiger partial charge in [-0.15, -0.1) is 0 Å². The smallest absolute Gasteiger partial charge is 0.324 e. The maximum absolute atomic E-state index is 12.9. The normalized spacial score (nSPS) is 14.0. The minimum Gasteiger partial charge on any atom is -0.486 e. The van der Waals surface area contributed by atoms with Crippen LogP contribution in [0.15, 0.2) is 47.4 Å². The minimum absolute atomic E-state index is 0.0719. The first-order chi connectivity index (χ1) is 15.2. The Hall–Kier alpha value is -3.11. The topological polar surface area (TPSA) is 120 Å². The molecule has 0 aliphatic carbocycles. The van der Waals surface area contributed by atoms with Gasteiger partial charge in [-0.2, -0.15) is 4.72 Å². The zero-order valence-electron chi connectivity index (χ0n) is 18.1. The lowest BCUT2D eigenvalue weighted by Gasteiger charge is -2.22. The molecule has 3 rings (SSSR count). The SMILES string of the molecule is Cc1cccc(NC(=O)COC(=O)[C@H](NS(=O)(=O)c2ccc3c(c2)OCCO3)C(C)C)c1. The van der Waals surface area contributed by atoms with Crippen molar-refractivity contribution in [1.82, 2.24) is 4.72 Å². The number of fused-ring (bicyclic) bond motifs is 1. The molecule has 1 aliphatic rings. The minimum atomic E-state index is -4.06. The van der Waals surface area contributed by atoms with E-state index in [1.54, 1.807) is 32.0 Å². The number of amides is 1. The molecule has 0 spiro atoms. The number of aryl methyl sites for hydroxylation is 1. The third-order valence-electron chi connectivity index (χ3n) is 4.67. The summed E-state index contributed by atoms with van der Waals surface area (Å²) in [5.74, 6) is -1.03. The van der Waals surface area contributed by atoms with Gasteiger partial charge < -0.3 is 19.5 Å². The summed E-state index contributed by atoms with van der Waals surface area (Å²) in [5, 5.41) is 2.63. The summed E-state index contributed by atoms with van der Waals surface area (Å²) in [4.78, 5) is 24.6. The Balaban J connectivity index is 1.64. The molecular weight excluding hydrogens is 436 g/mol. The Morgan fingerprint density at radius 3 is 2.47 bits per heavy atom. The molecule has 0 saturated carbocycles. The van der Waals surface area contributed by atoms with E-state index in [9.17, 15) is 18.0 Å². The van der Waals surface area contributed by atoms with Crippen molar-refractivity contribution < 1.29 is 32.2 Å². The maximum Gasteiger partial charge on any atom is 0.324 e. The van der Waals surface area contributed by atoms with E-state index in [4.69, 9.17) is 14.2 Å². The number of sulfonamides is 1. The molecule has 0 radical (unpaired) electrons. The quantitative estimate of drug-likeness (QED) is 0.577. The largest absolute Gasteiger partial charge is 0.486 e. The number of anilines is 1. The molecule has 9 nitrogen and oxygen atoms in total. The molecule has 2 aromatic rings. The number of nitrogens with one attached hydrogen (secondary N) is 2. The standard InChI is InChI=1S/C22H26N2O7S/c1-14(2)21(22(26)31-13-20(25)23-16-6-4-5-15(3)11-16)24-32(27,28)17-7-8-18-19(12-17)30-10-9-29-18/h4-8,11-12,14,21,24H,9-10,13H2,1-3H3,(H,23,25)/t21-/m1/s1. The lowest BCUT2D eigenvalue weighted by molar-refractivity contribution is -0.150. The van der Waals surface area contributed by atoms with Gasteiger partial charge in [0.05, 0.1) is 4.90 Å². The summed E-state index contributed by atoms with van der Waals surface area (Å²) in [5.41, 5.74) is 1.54. The fraction of sp³-hybridized carbons (Fsp3) is 0.364. The van der Waals surface area contributed by atoms with Gasteiger partial charge >= 0.3 is 5.97 Å². The zero-order chi connectivity index (χ0) is 23.3. The van der Waals surface area contributed by atoms with Gasteiger partial charge in [-0.1, -0.05) is 26.0 Å². The van der Waals surface area contributed by atoms with E-state index in [1.165, 1.54) is 18.2 Å². The number of benzene rings is 2. The Labute approximate surface area is 187 Å². The molecule has 2 N–H and O–H groups in total. The average Bonchev–Trinajstić information content (AvgIpc) is 2.75. The van der Waals surface area contributed by atoms with Gasteiger partial charge in [0.15, 0.2) is 18.1 Å². The maximum atomic E-state index is 12.9. The number of carbonyl (C=O) groups excluding carboxylic acids is 2. The second kappa shape index (κ2) is 10.0. The molecule has 10 heteroatoms. The fourth-order valence-corrected chi connectivity index (χ4v) is 4.38. The lowest BCUT2D eigenvalue weighted by Crippen LogP contribution is -2.45. The van der Waals surface area contributed by atoms with Gasteiger partial charge in [-0.3, -0.25) is 9.59 Å². The van der Waals surface area contributed by atoms with Crippen molar-refractivity contribution in [3.8, 4) is 11.5 Å². The molecule has 0 fully saturated rings. The molecule has 1 atom stereocenters. The van der Waals surface area contributed by atoms with E-state index in [2.05, 4.69) is 10.0 Å². The third kappa shape index (κ3) is 5.98. The highest BCUT2D eigenvalue weighted by molar-refractivity contribution is 7.89. The van der Waals surface area contributed by atoms with Crippen LogP contribution in [0.2, 0.25) is 0 Å². The molecule has 0 aromatic heterocycles. The van der Waals surface area contributed by atoms with Crippen molar-refractivity contribution in [3.05, 3.63) is 48.0 Å². The molecule has 32 heavy (non-hydrogen) atoms. The monoisotopic (exact) mass is 462 g/mol. The van der Waals surface area contributed by atoms with Crippen molar-refractivity contribution in [2.24, 2.45) is 5.92 Å². The molecule has 172 valence electrons. The van der Waals surface area contributed by atoms with Crippen LogP contribution in [0.3, 0.4) is 0 Å². The first-order valence-electron chi connectivity index (χ1n) is 10.1. The molecule has 0 bridgehead atoms. The first-order valence-corrected chi connectivity index (χ1v) is 11.6. The fourth-order valence-electron chi connectivity index (χ4n) is 3.03. The van der Waals surface area contributed by atoms with Crippen LogP contribution in [-0.4, -0.2) is 46.2 Å². The van der Waals surface area contributed by atoms with E-state index < -0.39 is 40.5 Å². The molecule has 1 heterocycles. The van der Waals surface area contributed by atoms with Crippen LogP contribution >= 0.6 is 0 Å². The molecule has 1 aliphatic heterocycles. The Morgan fingerprint density at radius 1 is 1.06 bits per heavy atom. The number of ether oxygens (including phenoxy) is 3. The van der Waals surface area contributed by atoms with Gasteiger partial charge in [0.1, 0.15) is 19.3 Å². The summed E-state index contributed by atoms with van der Waals surface area (Å²) in [6.45, 7) is 5.39. The van der Waals surface area contributed by atoms with Gasteiger partial charge in [0, 0.05) is 11.8 Å². The van der Waals surface area contributed by atoms with Crippen molar-refractivity contribution in [3.63, 3.8) is 0 Å².